The first-order valence-electron chi connectivity index (χ1n) is 9.23. The number of morpholine rings is 1. The molecule has 0 aliphatic carbocycles. The van der Waals surface area contributed by atoms with Crippen molar-refractivity contribution in [1.29, 1.82) is 5.26 Å². The Bertz CT molecular complexity index is 652. The summed E-state index contributed by atoms with van der Waals surface area (Å²) in [5.74, 6) is 0.117. The van der Waals surface area contributed by atoms with Gasteiger partial charge in [-0.2, -0.15) is 5.26 Å². The number of ether oxygens (including phenoxy) is 1. The molecule has 0 aromatic heterocycles. The molecule has 1 amide bonds. The summed E-state index contributed by atoms with van der Waals surface area (Å²) in [6.45, 7) is 8.30. The van der Waals surface area contributed by atoms with Crippen molar-refractivity contribution in [2.45, 2.75) is 51.4 Å². The number of carbonyl (C=O) groups is 1. The first kappa shape index (κ1) is 17.9. The molecule has 5 nitrogen and oxygen atoms in total. The van der Waals surface area contributed by atoms with Gasteiger partial charge in [-0.1, -0.05) is 12.1 Å². The highest BCUT2D eigenvalue weighted by Crippen LogP contribution is 2.33. The Morgan fingerprint density at radius 3 is 2.72 bits per heavy atom. The molecule has 0 bridgehead atoms. The van der Waals surface area contributed by atoms with Crippen LogP contribution in [0.15, 0.2) is 24.3 Å². The van der Waals surface area contributed by atoms with Gasteiger partial charge in [0.2, 0.25) is 0 Å². The lowest BCUT2D eigenvalue weighted by Gasteiger charge is -2.44. The van der Waals surface area contributed by atoms with Gasteiger partial charge in [-0.25, -0.2) is 0 Å². The molecule has 2 aliphatic heterocycles. The number of hydrogen-bond acceptors (Lipinski definition) is 4. The quantitative estimate of drug-likeness (QED) is 0.848. The van der Waals surface area contributed by atoms with Crippen molar-refractivity contribution >= 4 is 5.91 Å². The third-order valence-corrected chi connectivity index (χ3v) is 5.43. The van der Waals surface area contributed by atoms with Crippen LogP contribution in [0.4, 0.5) is 0 Å². The number of rotatable bonds is 3. The van der Waals surface area contributed by atoms with Gasteiger partial charge in [-0.3, -0.25) is 9.69 Å². The summed E-state index contributed by atoms with van der Waals surface area (Å²) in [6, 6.07) is 10.00. The van der Waals surface area contributed by atoms with Crippen LogP contribution < -0.4 is 0 Å². The van der Waals surface area contributed by atoms with Crippen LogP contribution in [0, 0.1) is 11.3 Å². The third kappa shape index (κ3) is 4.02. The molecule has 134 valence electrons. The molecule has 2 aliphatic rings. The number of amides is 1. The maximum absolute atomic E-state index is 12.2. The topological polar surface area (TPSA) is 56.6 Å². The van der Waals surface area contributed by atoms with Crippen molar-refractivity contribution in [2.75, 3.05) is 26.2 Å². The highest BCUT2D eigenvalue weighted by atomic mass is 16.5. The molecule has 1 aromatic carbocycles. The molecule has 2 heterocycles. The predicted molar refractivity (Wildman–Crippen MR) is 95.8 cm³/mol. The summed E-state index contributed by atoms with van der Waals surface area (Å²) in [5, 5.41) is 8.91. The SMILES string of the molecule is CCN1C[C@@]2(CCCN(Cc3ccc(C#N)cc3)CC2)O[C@H](C)C1=O. The highest BCUT2D eigenvalue weighted by molar-refractivity contribution is 5.81. The van der Waals surface area contributed by atoms with E-state index in [4.69, 9.17) is 10.00 Å². The number of hydrogen-bond donors (Lipinski definition) is 0. The summed E-state index contributed by atoms with van der Waals surface area (Å²) in [5.41, 5.74) is 1.74. The molecule has 25 heavy (non-hydrogen) atoms. The molecule has 5 heteroatoms. The van der Waals surface area contributed by atoms with Gasteiger partial charge >= 0.3 is 0 Å². The van der Waals surface area contributed by atoms with E-state index in [2.05, 4.69) is 11.0 Å². The molecule has 3 rings (SSSR count). The van der Waals surface area contributed by atoms with E-state index in [0.717, 1.165) is 52.0 Å². The second-order valence-electron chi connectivity index (χ2n) is 7.23. The van der Waals surface area contributed by atoms with Crippen LogP contribution in [-0.4, -0.2) is 53.6 Å². The van der Waals surface area contributed by atoms with Gasteiger partial charge < -0.3 is 9.64 Å². The number of nitriles is 1. The Balaban J connectivity index is 1.63. The lowest BCUT2D eigenvalue weighted by atomic mass is 9.91. The van der Waals surface area contributed by atoms with Gasteiger partial charge in [0.05, 0.1) is 17.2 Å². The highest BCUT2D eigenvalue weighted by Gasteiger charge is 2.43. The predicted octanol–water partition coefficient (Wildman–Crippen LogP) is 2.55. The minimum atomic E-state index is -0.334. The van der Waals surface area contributed by atoms with Crippen molar-refractivity contribution in [3.8, 4) is 6.07 Å². The zero-order valence-electron chi connectivity index (χ0n) is 15.2. The average Bonchev–Trinajstić information content (AvgIpc) is 2.81. The van der Waals surface area contributed by atoms with Crippen LogP contribution in [-0.2, 0) is 16.1 Å². The summed E-state index contributed by atoms with van der Waals surface area (Å²) in [6.07, 6.45) is 2.70. The zero-order valence-corrected chi connectivity index (χ0v) is 15.2. The molecule has 2 atom stereocenters. The smallest absolute Gasteiger partial charge is 0.251 e. The first-order valence-corrected chi connectivity index (χ1v) is 9.23. The van der Waals surface area contributed by atoms with Crippen molar-refractivity contribution in [3.63, 3.8) is 0 Å². The monoisotopic (exact) mass is 341 g/mol. The number of nitrogens with zero attached hydrogens (tertiary/aromatic N) is 3. The minimum absolute atomic E-state index is 0.117. The molecule has 2 saturated heterocycles. The second-order valence-corrected chi connectivity index (χ2v) is 7.23. The van der Waals surface area contributed by atoms with Crippen LogP contribution in [0.5, 0.6) is 0 Å². The summed E-state index contributed by atoms with van der Waals surface area (Å²) in [7, 11) is 0. The lowest BCUT2D eigenvalue weighted by Crippen LogP contribution is -2.58. The van der Waals surface area contributed by atoms with E-state index in [1.54, 1.807) is 0 Å². The molecule has 0 saturated carbocycles. The van der Waals surface area contributed by atoms with Gasteiger partial charge in [-0.05, 0) is 57.4 Å². The fourth-order valence-electron chi connectivity index (χ4n) is 4.01. The lowest BCUT2D eigenvalue weighted by molar-refractivity contribution is -0.182. The molecule has 1 spiro atoms. The molecule has 0 N–H and O–H groups in total. The molecular formula is C20H27N3O2. The fourth-order valence-corrected chi connectivity index (χ4v) is 4.01. The summed E-state index contributed by atoms with van der Waals surface area (Å²) < 4.78 is 6.21. The second kappa shape index (κ2) is 7.55. The molecular weight excluding hydrogens is 314 g/mol. The Morgan fingerprint density at radius 1 is 1.28 bits per heavy atom. The van der Waals surface area contributed by atoms with Crippen LogP contribution >= 0.6 is 0 Å². The van der Waals surface area contributed by atoms with E-state index in [0.29, 0.717) is 5.56 Å². The largest absolute Gasteiger partial charge is 0.360 e. The molecule has 0 unspecified atom stereocenters. The summed E-state index contributed by atoms with van der Waals surface area (Å²) >= 11 is 0. The van der Waals surface area contributed by atoms with E-state index < -0.39 is 0 Å². The molecule has 1 aromatic rings. The van der Waals surface area contributed by atoms with E-state index in [9.17, 15) is 4.79 Å². The molecule has 0 radical (unpaired) electrons. The normalized spacial score (nSPS) is 28.0. The Hall–Kier alpha value is -1.90. The number of benzene rings is 1. The van der Waals surface area contributed by atoms with Crippen LogP contribution in [0.2, 0.25) is 0 Å². The molecule has 2 fully saturated rings. The van der Waals surface area contributed by atoms with Crippen molar-refractivity contribution < 1.29 is 9.53 Å². The van der Waals surface area contributed by atoms with Crippen LogP contribution in [0.1, 0.15) is 44.2 Å². The maximum Gasteiger partial charge on any atom is 0.251 e. The fraction of sp³-hybridized carbons (Fsp3) is 0.600. The minimum Gasteiger partial charge on any atom is -0.360 e. The summed E-state index contributed by atoms with van der Waals surface area (Å²) in [4.78, 5) is 16.6. The number of likely N-dealkylation sites (tertiary alicyclic amines) is 1. The Morgan fingerprint density at radius 2 is 2.04 bits per heavy atom. The van der Waals surface area contributed by atoms with Gasteiger partial charge in [0.25, 0.3) is 5.91 Å². The van der Waals surface area contributed by atoms with Gasteiger partial charge in [0.1, 0.15) is 6.10 Å². The van der Waals surface area contributed by atoms with Crippen molar-refractivity contribution in [2.24, 2.45) is 0 Å². The zero-order chi connectivity index (χ0) is 17.9. The first-order chi connectivity index (χ1) is 12.0. The van der Waals surface area contributed by atoms with E-state index >= 15 is 0 Å². The standard InChI is InChI=1S/C20H27N3O2/c1-3-23-15-20(25-16(2)19(23)24)9-4-11-22(12-10-20)14-18-7-5-17(13-21)6-8-18/h5-8,16H,3-4,9-12,14-15H2,1-2H3/t16-,20+/m1/s1. The van der Waals surface area contributed by atoms with Crippen LogP contribution in [0.3, 0.4) is 0 Å². The Kier molecular flexibility index (Phi) is 5.41. The van der Waals surface area contributed by atoms with Gasteiger partial charge in [0, 0.05) is 26.2 Å². The van der Waals surface area contributed by atoms with Crippen molar-refractivity contribution in [1.82, 2.24) is 9.80 Å². The average molecular weight is 341 g/mol. The maximum atomic E-state index is 12.2. The van der Waals surface area contributed by atoms with Gasteiger partial charge in [-0.15, -0.1) is 0 Å². The van der Waals surface area contributed by atoms with Crippen LogP contribution in [0.25, 0.3) is 0 Å². The Labute approximate surface area is 150 Å². The van der Waals surface area contributed by atoms with E-state index in [1.165, 1.54) is 5.56 Å². The van der Waals surface area contributed by atoms with E-state index in [1.807, 2.05) is 43.0 Å². The number of carbonyl (C=O) groups excluding carboxylic acids is 1. The van der Waals surface area contributed by atoms with Gasteiger partial charge in [0.15, 0.2) is 0 Å². The van der Waals surface area contributed by atoms with E-state index in [-0.39, 0.29) is 17.6 Å². The van der Waals surface area contributed by atoms with Crippen molar-refractivity contribution in [3.05, 3.63) is 35.4 Å². The third-order valence-electron chi connectivity index (χ3n) is 5.43. The number of likely N-dealkylation sites (N-methyl/N-ethyl adjacent to an activating group) is 1.